The molecule has 3 aromatic rings. The topological polar surface area (TPSA) is 129 Å². The van der Waals surface area contributed by atoms with Crippen molar-refractivity contribution in [2.24, 2.45) is 0 Å². The third-order valence-corrected chi connectivity index (χ3v) is 8.06. The molecule has 0 aliphatic carbocycles. The predicted molar refractivity (Wildman–Crippen MR) is 171 cm³/mol. The minimum atomic E-state index is -0.898. The summed E-state index contributed by atoms with van der Waals surface area (Å²) < 4.78 is 0. The third kappa shape index (κ3) is 6.01. The van der Waals surface area contributed by atoms with Crippen LogP contribution < -0.4 is 9.97 Å². The zero-order valence-electron chi connectivity index (χ0n) is 24.7. The normalized spacial score (nSPS) is 12.7. The van der Waals surface area contributed by atoms with Gasteiger partial charge in [0.25, 0.3) is 0 Å². The van der Waals surface area contributed by atoms with Crippen LogP contribution in [0.5, 0.6) is 0 Å². The van der Waals surface area contributed by atoms with Crippen LogP contribution in [0.3, 0.4) is 0 Å². The molecule has 2 N–H and O–H groups in total. The molecule has 0 atom stereocenters. The molecular formula is C34H32N4O4Sn. The number of aryl methyl sites for hydroxylation is 4. The minimum Gasteiger partial charge on any atom is -0.657 e. The molecule has 0 spiro atoms. The minimum absolute atomic E-state index is 0. The number of aromatic nitrogens is 4. The van der Waals surface area contributed by atoms with E-state index >= 15 is 0 Å². The molecule has 9 heteroatoms. The van der Waals surface area contributed by atoms with E-state index in [4.69, 9.17) is 19.9 Å². The number of aliphatic carboxylic acids is 2. The first-order chi connectivity index (χ1) is 20.0. The molecule has 0 aromatic carbocycles. The maximum atomic E-state index is 11.5. The van der Waals surface area contributed by atoms with Crippen molar-refractivity contribution in [3.63, 3.8) is 0 Å². The van der Waals surface area contributed by atoms with Crippen molar-refractivity contribution >= 4 is 80.2 Å². The number of rotatable bonds is 8. The Labute approximate surface area is 267 Å². The summed E-state index contributed by atoms with van der Waals surface area (Å²) in [6.07, 6.45) is 4.06. The average Bonchev–Trinajstić information content (AvgIpc) is 3.59. The first-order valence-electron chi connectivity index (χ1n) is 13.8. The van der Waals surface area contributed by atoms with Crippen LogP contribution in [0.4, 0.5) is 0 Å². The van der Waals surface area contributed by atoms with Gasteiger partial charge in [-0.15, -0.1) is 22.1 Å². The first kappa shape index (κ1) is 31.7. The zero-order chi connectivity index (χ0) is 30.3. The summed E-state index contributed by atoms with van der Waals surface area (Å²) in [4.78, 5) is 42.7. The van der Waals surface area contributed by atoms with E-state index in [9.17, 15) is 19.8 Å². The van der Waals surface area contributed by atoms with Crippen LogP contribution in [0.15, 0.2) is 49.6 Å². The zero-order valence-corrected chi connectivity index (χ0v) is 27.6. The van der Waals surface area contributed by atoms with Crippen molar-refractivity contribution in [2.75, 3.05) is 0 Å². The Hall–Kier alpha value is -4.18. The molecule has 3 aromatic heterocycles. The molecule has 5 heterocycles. The van der Waals surface area contributed by atoms with E-state index < -0.39 is 11.9 Å². The summed E-state index contributed by atoms with van der Waals surface area (Å²) in [5.74, 6) is -1.80. The maximum absolute atomic E-state index is 11.5. The molecule has 216 valence electrons. The smallest absolute Gasteiger partial charge is 0.657 e. The van der Waals surface area contributed by atoms with Gasteiger partial charge >= 0.3 is 35.8 Å². The van der Waals surface area contributed by atoms with E-state index in [0.29, 0.717) is 40.6 Å². The van der Waals surface area contributed by atoms with Gasteiger partial charge in [0, 0.05) is 24.0 Å². The van der Waals surface area contributed by atoms with Gasteiger partial charge in [-0.1, -0.05) is 65.8 Å². The Balaban J connectivity index is 0.00000423. The molecule has 43 heavy (non-hydrogen) atoms. The summed E-state index contributed by atoms with van der Waals surface area (Å²) >= 11 is 0. The summed E-state index contributed by atoms with van der Waals surface area (Å²) in [6, 6.07) is 7.62. The summed E-state index contributed by atoms with van der Waals surface area (Å²) in [5, 5.41) is 18.9. The largest absolute Gasteiger partial charge is 2.00 e. The molecular weight excluding hydrogens is 647 g/mol. The van der Waals surface area contributed by atoms with Gasteiger partial charge in [-0.3, -0.25) is 9.59 Å². The molecule has 0 saturated heterocycles. The Kier molecular flexibility index (Phi) is 9.29. The van der Waals surface area contributed by atoms with Gasteiger partial charge in [-0.25, -0.2) is 9.97 Å². The van der Waals surface area contributed by atoms with E-state index in [2.05, 4.69) is 13.2 Å². The van der Waals surface area contributed by atoms with Crippen LogP contribution in [0.2, 0.25) is 0 Å². The molecule has 8 nitrogen and oxygen atoms in total. The van der Waals surface area contributed by atoms with Crippen molar-refractivity contribution in [3.05, 3.63) is 94.6 Å². The number of allylic oxidation sites excluding steroid dienone is 6. The number of hydrogen-bond donors (Lipinski definition) is 2. The van der Waals surface area contributed by atoms with Gasteiger partial charge in [-0.2, -0.15) is 0 Å². The molecule has 5 rings (SSSR count). The second-order valence-electron chi connectivity index (χ2n) is 10.6. The van der Waals surface area contributed by atoms with Crippen LogP contribution in [0.1, 0.15) is 71.7 Å². The summed E-state index contributed by atoms with van der Waals surface area (Å²) in [7, 11) is 0. The summed E-state index contributed by atoms with van der Waals surface area (Å²) in [5.41, 5.74) is 12.6. The molecule has 2 radical (unpaired) electrons. The van der Waals surface area contributed by atoms with Gasteiger partial charge in [0.05, 0.1) is 22.8 Å². The average molecular weight is 679 g/mol. The van der Waals surface area contributed by atoms with Crippen LogP contribution in [0, 0.1) is 13.8 Å². The van der Waals surface area contributed by atoms with Crippen molar-refractivity contribution in [2.45, 2.75) is 53.4 Å². The monoisotopic (exact) mass is 680 g/mol. The quantitative estimate of drug-likeness (QED) is 0.275. The maximum Gasteiger partial charge on any atom is 2.00 e. The Bertz CT molecular complexity index is 1920. The van der Waals surface area contributed by atoms with Crippen molar-refractivity contribution < 1.29 is 19.8 Å². The van der Waals surface area contributed by atoms with Crippen molar-refractivity contribution in [1.29, 1.82) is 0 Å². The molecule has 0 saturated carbocycles. The van der Waals surface area contributed by atoms with Gasteiger partial charge in [0.1, 0.15) is 0 Å². The molecule has 0 amide bonds. The fourth-order valence-electron chi connectivity index (χ4n) is 5.61. The number of carboxylic acids is 2. The van der Waals surface area contributed by atoms with Crippen molar-refractivity contribution in [1.82, 2.24) is 19.9 Å². The van der Waals surface area contributed by atoms with Crippen LogP contribution in [-0.2, 0) is 22.4 Å². The van der Waals surface area contributed by atoms with E-state index in [-0.39, 0.29) is 36.7 Å². The van der Waals surface area contributed by atoms with Crippen LogP contribution >= 0.6 is 0 Å². The van der Waals surface area contributed by atoms with Gasteiger partial charge in [-0.05, 0) is 57.7 Å². The fraction of sp³-hybridized carbons (Fsp3) is 0.235. The molecule has 0 unspecified atom stereocenters. The second kappa shape index (κ2) is 12.6. The van der Waals surface area contributed by atoms with E-state index in [1.54, 1.807) is 12.2 Å². The Morgan fingerprint density at radius 1 is 0.674 bits per heavy atom. The van der Waals surface area contributed by atoms with E-state index in [0.717, 1.165) is 61.6 Å². The third-order valence-electron chi connectivity index (χ3n) is 8.06. The number of carboxylic acid groups (broad SMARTS) is 2. The van der Waals surface area contributed by atoms with Crippen molar-refractivity contribution in [3.8, 4) is 0 Å². The Morgan fingerprint density at radius 2 is 1.07 bits per heavy atom. The number of nitrogens with zero attached hydrogens (tertiary/aromatic N) is 4. The predicted octanol–water partition coefficient (Wildman–Crippen LogP) is 6.08. The number of hydrogen-bond acceptors (Lipinski definition) is 4. The fourth-order valence-corrected chi connectivity index (χ4v) is 5.61. The van der Waals surface area contributed by atoms with E-state index in [1.807, 2.05) is 52.0 Å². The molecule has 0 fully saturated rings. The van der Waals surface area contributed by atoms with Gasteiger partial charge < -0.3 is 20.2 Å². The SMILES string of the molecule is C=CC1=C(C)c2cc3[n-]c(cc4[n-]c(cc5nc(cc1n2)C(C)=C5C=C)c(C)c4CCC(=O)O)c(CCC(=O)O)c3C.[Sn+2]. The molecule has 2 aliphatic heterocycles. The first-order valence-corrected chi connectivity index (χ1v) is 13.8. The molecule has 8 bridgehead atoms. The number of fused-ring (bicyclic) bond motifs is 8. The Morgan fingerprint density at radius 3 is 1.49 bits per heavy atom. The standard InChI is InChI=1S/C34H34N4O4.Sn/c1-7-21-17(3)25-13-26-19(5)23(9-11-33(39)40)31(37-26)16-32-24(10-12-34(41)42)20(6)28(38-32)15-30-22(8-2)18(4)27(36-30)14-29(21)35-25;/h7-8,13-16H,1-2,9-12H2,3-6H3,(H4,35,36,37,38,39,40,41,42);/q;+2/p-2. The van der Waals surface area contributed by atoms with E-state index in [1.165, 1.54) is 0 Å². The van der Waals surface area contributed by atoms with Gasteiger partial charge in [0.15, 0.2) is 0 Å². The van der Waals surface area contributed by atoms with Gasteiger partial charge in [0.2, 0.25) is 0 Å². The second-order valence-corrected chi connectivity index (χ2v) is 10.6. The van der Waals surface area contributed by atoms with Crippen LogP contribution in [-0.4, -0.2) is 56.0 Å². The number of carbonyl (C=O) groups is 2. The summed E-state index contributed by atoms with van der Waals surface area (Å²) in [6.45, 7) is 15.9. The van der Waals surface area contributed by atoms with Crippen LogP contribution in [0.25, 0.3) is 44.4 Å². The molecule has 2 aliphatic rings.